The standard InChI is InChI=1S/C15H15O/c1-13-7-5-6-10-15(13)12-16-11-14-8-3-2-4-9-14/h2-10H,1,11-12H2. The minimum atomic E-state index is 0.620. The maximum absolute atomic E-state index is 5.65. The van der Waals surface area contributed by atoms with Gasteiger partial charge in [0.25, 0.3) is 0 Å². The SMILES string of the molecule is [CH2]c1ccccc1COCc1ccccc1. The molecule has 2 aromatic carbocycles. The van der Waals surface area contributed by atoms with E-state index in [1.165, 1.54) is 5.56 Å². The maximum Gasteiger partial charge on any atom is 0.0724 e. The molecular formula is C15H15O. The molecule has 0 spiro atoms. The largest absolute Gasteiger partial charge is 0.372 e. The first-order valence-electron chi connectivity index (χ1n) is 5.38. The highest BCUT2D eigenvalue weighted by atomic mass is 16.5. The summed E-state index contributed by atoms with van der Waals surface area (Å²) in [7, 11) is 0. The van der Waals surface area contributed by atoms with E-state index in [0.717, 1.165) is 11.1 Å². The van der Waals surface area contributed by atoms with Gasteiger partial charge in [0.2, 0.25) is 0 Å². The maximum atomic E-state index is 5.65. The predicted octanol–water partition coefficient (Wildman–Crippen LogP) is 3.59. The topological polar surface area (TPSA) is 9.23 Å². The fourth-order valence-electron chi connectivity index (χ4n) is 1.55. The Hall–Kier alpha value is -1.60. The zero-order chi connectivity index (χ0) is 11.2. The molecular weight excluding hydrogens is 196 g/mol. The molecule has 1 heteroatoms. The van der Waals surface area contributed by atoms with Crippen molar-refractivity contribution in [2.24, 2.45) is 0 Å². The number of hydrogen-bond acceptors (Lipinski definition) is 1. The molecule has 1 radical (unpaired) electrons. The van der Waals surface area contributed by atoms with Crippen molar-refractivity contribution in [3.63, 3.8) is 0 Å². The van der Waals surface area contributed by atoms with Gasteiger partial charge in [0.1, 0.15) is 0 Å². The third kappa shape index (κ3) is 2.94. The van der Waals surface area contributed by atoms with Crippen LogP contribution in [0.4, 0.5) is 0 Å². The highest BCUT2D eigenvalue weighted by Gasteiger charge is 1.97. The number of rotatable bonds is 4. The van der Waals surface area contributed by atoms with Crippen LogP contribution in [0.5, 0.6) is 0 Å². The van der Waals surface area contributed by atoms with Crippen molar-refractivity contribution < 1.29 is 4.74 Å². The molecule has 2 aromatic rings. The molecule has 0 saturated carbocycles. The van der Waals surface area contributed by atoms with Gasteiger partial charge in [-0.15, -0.1) is 0 Å². The normalized spacial score (nSPS) is 10.3. The van der Waals surface area contributed by atoms with Crippen LogP contribution in [0, 0.1) is 6.92 Å². The Morgan fingerprint density at radius 1 is 0.812 bits per heavy atom. The molecule has 0 aliphatic carbocycles. The molecule has 0 N–H and O–H groups in total. The van der Waals surface area contributed by atoms with Crippen LogP contribution in [0.1, 0.15) is 16.7 Å². The molecule has 0 fully saturated rings. The molecule has 0 amide bonds. The Labute approximate surface area is 96.7 Å². The Balaban J connectivity index is 1.87. The fraction of sp³-hybridized carbons (Fsp3) is 0.133. The minimum absolute atomic E-state index is 0.620. The Bertz CT molecular complexity index is 434. The van der Waals surface area contributed by atoms with E-state index >= 15 is 0 Å². The van der Waals surface area contributed by atoms with Crippen LogP contribution < -0.4 is 0 Å². The molecule has 0 aliphatic rings. The third-order valence-electron chi connectivity index (χ3n) is 2.49. The molecule has 0 unspecified atom stereocenters. The van der Waals surface area contributed by atoms with Gasteiger partial charge in [-0.3, -0.25) is 0 Å². The summed E-state index contributed by atoms with van der Waals surface area (Å²) in [6.07, 6.45) is 0. The summed E-state index contributed by atoms with van der Waals surface area (Å²) in [4.78, 5) is 0. The van der Waals surface area contributed by atoms with Crippen LogP contribution in [-0.4, -0.2) is 0 Å². The van der Waals surface area contributed by atoms with E-state index in [2.05, 4.69) is 19.1 Å². The predicted molar refractivity (Wildman–Crippen MR) is 65.8 cm³/mol. The van der Waals surface area contributed by atoms with Gasteiger partial charge in [-0.1, -0.05) is 54.6 Å². The van der Waals surface area contributed by atoms with Crippen LogP contribution in [0.2, 0.25) is 0 Å². The van der Waals surface area contributed by atoms with Crippen LogP contribution in [0.15, 0.2) is 54.6 Å². The van der Waals surface area contributed by atoms with Crippen molar-refractivity contribution in [1.82, 2.24) is 0 Å². The highest BCUT2D eigenvalue weighted by molar-refractivity contribution is 5.28. The number of benzene rings is 2. The van der Waals surface area contributed by atoms with Crippen molar-refractivity contribution in [2.75, 3.05) is 0 Å². The quantitative estimate of drug-likeness (QED) is 0.751. The van der Waals surface area contributed by atoms with Crippen LogP contribution >= 0.6 is 0 Å². The van der Waals surface area contributed by atoms with E-state index in [1.807, 2.05) is 42.5 Å². The van der Waals surface area contributed by atoms with Crippen molar-refractivity contribution in [1.29, 1.82) is 0 Å². The summed E-state index contributed by atoms with van der Waals surface area (Å²) in [5.41, 5.74) is 3.39. The average Bonchev–Trinajstić information content (AvgIpc) is 2.33. The van der Waals surface area contributed by atoms with E-state index in [0.29, 0.717) is 13.2 Å². The lowest BCUT2D eigenvalue weighted by molar-refractivity contribution is 0.107. The van der Waals surface area contributed by atoms with Gasteiger partial charge in [0, 0.05) is 0 Å². The van der Waals surface area contributed by atoms with Crippen LogP contribution in [0.25, 0.3) is 0 Å². The lowest BCUT2D eigenvalue weighted by Gasteiger charge is -2.06. The number of hydrogen-bond donors (Lipinski definition) is 0. The second-order valence-electron chi connectivity index (χ2n) is 3.75. The molecule has 81 valence electrons. The van der Waals surface area contributed by atoms with Crippen molar-refractivity contribution in [2.45, 2.75) is 13.2 Å². The fourth-order valence-corrected chi connectivity index (χ4v) is 1.55. The molecule has 0 saturated heterocycles. The van der Waals surface area contributed by atoms with Crippen molar-refractivity contribution >= 4 is 0 Å². The summed E-state index contributed by atoms with van der Waals surface area (Å²) in [5.74, 6) is 0. The third-order valence-corrected chi connectivity index (χ3v) is 2.49. The van der Waals surface area contributed by atoms with Gasteiger partial charge in [0.05, 0.1) is 13.2 Å². The first kappa shape index (κ1) is 10.9. The first-order valence-corrected chi connectivity index (χ1v) is 5.38. The average molecular weight is 211 g/mol. The van der Waals surface area contributed by atoms with Gasteiger partial charge in [0.15, 0.2) is 0 Å². The van der Waals surface area contributed by atoms with Crippen molar-refractivity contribution in [3.05, 3.63) is 78.2 Å². The van der Waals surface area contributed by atoms with Gasteiger partial charge >= 0.3 is 0 Å². The second-order valence-corrected chi connectivity index (χ2v) is 3.75. The van der Waals surface area contributed by atoms with Crippen LogP contribution in [-0.2, 0) is 18.0 Å². The summed E-state index contributed by atoms with van der Waals surface area (Å²) >= 11 is 0. The summed E-state index contributed by atoms with van der Waals surface area (Å²) in [6, 6.07) is 18.2. The molecule has 0 bridgehead atoms. The second kappa shape index (κ2) is 5.47. The molecule has 1 nitrogen and oxygen atoms in total. The van der Waals surface area contributed by atoms with Crippen molar-refractivity contribution in [3.8, 4) is 0 Å². The smallest absolute Gasteiger partial charge is 0.0724 e. The monoisotopic (exact) mass is 211 g/mol. The molecule has 0 atom stereocenters. The number of ether oxygens (including phenoxy) is 1. The van der Waals surface area contributed by atoms with E-state index in [1.54, 1.807) is 0 Å². The van der Waals surface area contributed by atoms with Gasteiger partial charge < -0.3 is 4.74 Å². The molecule has 0 aromatic heterocycles. The van der Waals surface area contributed by atoms with Gasteiger partial charge in [-0.05, 0) is 23.6 Å². The summed E-state index contributed by atoms with van der Waals surface area (Å²) in [6.45, 7) is 5.23. The Kier molecular flexibility index (Phi) is 3.73. The lowest BCUT2D eigenvalue weighted by Crippen LogP contribution is -1.95. The minimum Gasteiger partial charge on any atom is -0.372 e. The molecule has 2 rings (SSSR count). The summed E-state index contributed by atoms with van der Waals surface area (Å²) < 4.78 is 5.65. The molecule has 0 aliphatic heterocycles. The van der Waals surface area contributed by atoms with E-state index < -0.39 is 0 Å². The van der Waals surface area contributed by atoms with E-state index in [4.69, 9.17) is 4.74 Å². The highest BCUT2D eigenvalue weighted by Crippen LogP contribution is 2.09. The van der Waals surface area contributed by atoms with E-state index in [-0.39, 0.29) is 0 Å². The first-order chi connectivity index (χ1) is 7.86. The molecule has 16 heavy (non-hydrogen) atoms. The van der Waals surface area contributed by atoms with Gasteiger partial charge in [-0.25, -0.2) is 0 Å². The lowest BCUT2D eigenvalue weighted by atomic mass is 10.1. The van der Waals surface area contributed by atoms with Gasteiger partial charge in [-0.2, -0.15) is 0 Å². The zero-order valence-electron chi connectivity index (χ0n) is 9.23. The zero-order valence-corrected chi connectivity index (χ0v) is 9.23. The van der Waals surface area contributed by atoms with Crippen LogP contribution in [0.3, 0.4) is 0 Å². The Morgan fingerprint density at radius 2 is 1.50 bits per heavy atom. The summed E-state index contributed by atoms with van der Waals surface area (Å²) in [5, 5.41) is 0. The van der Waals surface area contributed by atoms with E-state index in [9.17, 15) is 0 Å². The Morgan fingerprint density at radius 3 is 2.25 bits per heavy atom. The molecule has 0 heterocycles.